The quantitative estimate of drug-likeness (QED) is 0.331. The van der Waals surface area contributed by atoms with Gasteiger partial charge in [0.05, 0.1) is 18.8 Å². The summed E-state index contributed by atoms with van der Waals surface area (Å²) >= 11 is 1.74. The number of thiophene rings is 1. The van der Waals surface area contributed by atoms with E-state index < -0.39 is 0 Å². The van der Waals surface area contributed by atoms with Crippen molar-refractivity contribution in [3.05, 3.63) is 64.9 Å². The monoisotopic (exact) mass is 468 g/mol. The Balaban J connectivity index is 0.00000225. The van der Waals surface area contributed by atoms with Crippen LogP contribution in [0.5, 0.6) is 0 Å². The maximum absolute atomic E-state index is 4.64. The maximum Gasteiger partial charge on any atom is 0.191 e. The van der Waals surface area contributed by atoms with Crippen molar-refractivity contribution in [2.45, 2.75) is 20.0 Å². The van der Waals surface area contributed by atoms with Crippen LogP contribution in [0, 0.1) is 0 Å². The highest BCUT2D eigenvalue weighted by molar-refractivity contribution is 14.0. The van der Waals surface area contributed by atoms with Gasteiger partial charge in [-0.25, -0.2) is 14.7 Å². The number of nitrogens with one attached hydrogen (secondary N) is 2. The average Bonchev–Trinajstić information content (AvgIpc) is 3.31. The molecule has 2 aromatic heterocycles. The van der Waals surface area contributed by atoms with E-state index >= 15 is 0 Å². The summed E-state index contributed by atoms with van der Waals surface area (Å²) in [5.41, 5.74) is 2.13. The number of nitrogens with zero attached hydrogens (tertiary/aromatic N) is 4. The van der Waals surface area contributed by atoms with Crippen LogP contribution in [0.3, 0.4) is 0 Å². The van der Waals surface area contributed by atoms with Crippen molar-refractivity contribution >= 4 is 41.3 Å². The second-order valence-corrected chi connectivity index (χ2v) is 6.17. The summed E-state index contributed by atoms with van der Waals surface area (Å²) in [6, 6.07) is 12.3. The SMILES string of the molecule is CCNC(=NCc1ccc(-n2cncn2)cc1)NCc1cccs1.I. The summed E-state index contributed by atoms with van der Waals surface area (Å²) in [6.45, 7) is 4.31. The van der Waals surface area contributed by atoms with Crippen LogP contribution >= 0.6 is 35.3 Å². The number of benzene rings is 1. The fourth-order valence-electron chi connectivity index (χ4n) is 2.19. The van der Waals surface area contributed by atoms with E-state index in [4.69, 9.17) is 0 Å². The van der Waals surface area contributed by atoms with E-state index in [0.717, 1.165) is 30.3 Å². The third-order valence-corrected chi connectivity index (χ3v) is 4.27. The highest BCUT2D eigenvalue weighted by atomic mass is 127. The van der Waals surface area contributed by atoms with Crippen LogP contribution in [-0.2, 0) is 13.1 Å². The van der Waals surface area contributed by atoms with E-state index in [2.05, 4.69) is 62.3 Å². The van der Waals surface area contributed by atoms with Crippen LogP contribution in [0.1, 0.15) is 17.4 Å². The van der Waals surface area contributed by atoms with Crippen molar-refractivity contribution in [3.63, 3.8) is 0 Å². The Morgan fingerprint density at radius 1 is 1.20 bits per heavy atom. The lowest BCUT2D eigenvalue weighted by Crippen LogP contribution is -2.36. The van der Waals surface area contributed by atoms with E-state index in [1.165, 1.54) is 11.2 Å². The summed E-state index contributed by atoms with van der Waals surface area (Å²) in [5, 5.41) is 12.8. The third-order valence-electron chi connectivity index (χ3n) is 3.39. The van der Waals surface area contributed by atoms with Crippen molar-refractivity contribution in [2.75, 3.05) is 6.54 Å². The first kappa shape index (κ1) is 19.4. The van der Waals surface area contributed by atoms with Crippen LogP contribution in [-0.4, -0.2) is 27.3 Å². The summed E-state index contributed by atoms with van der Waals surface area (Å²) in [7, 11) is 0. The van der Waals surface area contributed by atoms with Gasteiger partial charge in [0.1, 0.15) is 12.7 Å². The maximum atomic E-state index is 4.64. The minimum absolute atomic E-state index is 0. The molecular weight excluding hydrogens is 447 g/mol. The topological polar surface area (TPSA) is 67.1 Å². The Morgan fingerprint density at radius 2 is 2.04 bits per heavy atom. The molecule has 0 aliphatic heterocycles. The van der Waals surface area contributed by atoms with Gasteiger partial charge in [-0.2, -0.15) is 5.10 Å². The standard InChI is InChI=1S/C17H20N6S.HI/c1-2-19-17(21-11-16-4-3-9-24-16)20-10-14-5-7-15(8-6-14)23-13-18-12-22-23;/h3-9,12-13H,2,10-11H2,1H3,(H2,19,20,21);1H. The second-order valence-electron chi connectivity index (χ2n) is 5.13. The summed E-state index contributed by atoms with van der Waals surface area (Å²) in [6.07, 6.45) is 3.21. The Bertz CT molecular complexity index is 753. The minimum Gasteiger partial charge on any atom is -0.357 e. The molecule has 0 bridgehead atoms. The van der Waals surface area contributed by atoms with Crippen LogP contribution in [0.25, 0.3) is 5.69 Å². The van der Waals surface area contributed by atoms with Crippen molar-refractivity contribution < 1.29 is 0 Å². The number of hydrogen-bond donors (Lipinski definition) is 2. The molecule has 1 aromatic carbocycles. The lowest BCUT2D eigenvalue weighted by Gasteiger charge is -2.10. The van der Waals surface area contributed by atoms with Gasteiger partial charge in [-0.3, -0.25) is 0 Å². The van der Waals surface area contributed by atoms with Gasteiger partial charge in [0, 0.05) is 11.4 Å². The first-order valence-corrected chi connectivity index (χ1v) is 8.71. The van der Waals surface area contributed by atoms with Gasteiger partial charge in [-0.15, -0.1) is 35.3 Å². The molecule has 0 saturated carbocycles. The lowest BCUT2D eigenvalue weighted by molar-refractivity contribution is 0.823. The van der Waals surface area contributed by atoms with E-state index in [9.17, 15) is 0 Å². The average molecular weight is 468 g/mol. The van der Waals surface area contributed by atoms with Crippen LogP contribution in [0.4, 0.5) is 0 Å². The molecule has 25 heavy (non-hydrogen) atoms. The summed E-state index contributed by atoms with van der Waals surface area (Å²) in [4.78, 5) is 9.89. The Morgan fingerprint density at radius 3 is 2.68 bits per heavy atom. The fourth-order valence-corrected chi connectivity index (χ4v) is 2.84. The Hall–Kier alpha value is -1.94. The highest BCUT2D eigenvalue weighted by Crippen LogP contribution is 2.09. The minimum atomic E-state index is 0. The van der Waals surface area contributed by atoms with Crippen molar-refractivity contribution in [1.82, 2.24) is 25.4 Å². The molecule has 0 unspecified atom stereocenters. The van der Waals surface area contributed by atoms with Crippen LogP contribution in [0.2, 0.25) is 0 Å². The molecule has 0 saturated heterocycles. The summed E-state index contributed by atoms with van der Waals surface area (Å²) < 4.78 is 1.74. The van der Waals surface area contributed by atoms with Gasteiger partial charge in [0.15, 0.2) is 5.96 Å². The van der Waals surface area contributed by atoms with E-state index in [0.29, 0.717) is 6.54 Å². The van der Waals surface area contributed by atoms with E-state index in [1.807, 2.05) is 12.1 Å². The zero-order chi connectivity index (χ0) is 16.6. The number of hydrogen-bond acceptors (Lipinski definition) is 4. The molecule has 0 radical (unpaired) electrons. The molecule has 0 spiro atoms. The van der Waals surface area contributed by atoms with E-state index in [-0.39, 0.29) is 24.0 Å². The zero-order valence-electron chi connectivity index (χ0n) is 13.9. The first-order valence-electron chi connectivity index (χ1n) is 7.83. The van der Waals surface area contributed by atoms with Crippen molar-refractivity contribution in [2.24, 2.45) is 4.99 Å². The van der Waals surface area contributed by atoms with Gasteiger partial charge in [-0.05, 0) is 36.1 Å². The van der Waals surface area contributed by atoms with Crippen molar-refractivity contribution in [1.29, 1.82) is 0 Å². The molecule has 3 rings (SSSR count). The fraction of sp³-hybridized carbons (Fsp3) is 0.235. The van der Waals surface area contributed by atoms with Gasteiger partial charge >= 0.3 is 0 Å². The molecule has 8 heteroatoms. The predicted octanol–water partition coefficient (Wildman–Crippen LogP) is 3.20. The van der Waals surface area contributed by atoms with Gasteiger partial charge in [0.2, 0.25) is 0 Å². The molecule has 2 heterocycles. The molecule has 6 nitrogen and oxygen atoms in total. The number of guanidine groups is 1. The second kappa shape index (κ2) is 10.1. The van der Waals surface area contributed by atoms with Gasteiger partial charge in [0.25, 0.3) is 0 Å². The number of rotatable bonds is 6. The highest BCUT2D eigenvalue weighted by Gasteiger charge is 2.00. The van der Waals surface area contributed by atoms with Crippen LogP contribution in [0.15, 0.2) is 59.4 Å². The third kappa shape index (κ3) is 5.82. The zero-order valence-corrected chi connectivity index (χ0v) is 17.1. The molecule has 0 amide bonds. The van der Waals surface area contributed by atoms with Gasteiger partial charge in [-0.1, -0.05) is 18.2 Å². The predicted molar refractivity (Wildman–Crippen MR) is 113 cm³/mol. The lowest BCUT2D eigenvalue weighted by atomic mass is 10.2. The number of aliphatic imine (C=N–C) groups is 1. The van der Waals surface area contributed by atoms with Crippen molar-refractivity contribution in [3.8, 4) is 5.69 Å². The Kier molecular flexibility index (Phi) is 7.86. The molecule has 0 aliphatic rings. The molecule has 2 N–H and O–H groups in total. The molecule has 3 aromatic rings. The summed E-state index contributed by atoms with van der Waals surface area (Å²) in [5.74, 6) is 0.825. The number of halogens is 1. The molecular formula is C17H21IN6S. The Labute approximate surface area is 168 Å². The van der Waals surface area contributed by atoms with Crippen LogP contribution < -0.4 is 10.6 Å². The first-order chi connectivity index (χ1) is 11.8. The molecule has 132 valence electrons. The molecule has 0 atom stereocenters. The van der Waals surface area contributed by atoms with Gasteiger partial charge < -0.3 is 10.6 Å². The number of aromatic nitrogens is 3. The van der Waals surface area contributed by atoms with E-state index in [1.54, 1.807) is 22.3 Å². The normalized spacial score (nSPS) is 11.0. The molecule has 0 fully saturated rings. The largest absolute Gasteiger partial charge is 0.357 e. The molecule has 0 aliphatic carbocycles. The smallest absolute Gasteiger partial charge is 0.191 e.